The van der Waals surface area contributed by atoms with Gasteiger partial charge < -0.3 is 4.74 Å². The van der Waals surface area contributed by atoms with Crippen molar-refractivity contribution in [2.75, 3.05) is 4.90 Å². The van der Waals surface area contributed by atoms with Crippen LogP contribution in [-0.4, -0.2) is 11.1 Å². The van der Waals surface area contributed by atoms with Crippen molar-refractivity contribution in [3.8, 4) is 11.8 Å². The third-order valence-electron chi connectivity index (χ3n) is 4.66. The van der Waals surface area contributed by atoms with Crippen LogP contribution < -0.4 is 9.64 Å². The van der Waals surface area contributed by atoms with Gasteiger partial charge in [-0.2, -0.15) is 5.26 Å². The number of thioether (sulfide) groups is 1. The molecular formula is C24H14Cl2N2O3S. The van der Waals surface area contributed by atoms with Gasteiger partial charge in [-0.15, -0.1) is 0 Å². The molecule has 0 unspecified atom stereocenters. The zero-order chi connectivity index (χ0) is 22.7. The monoisotopic (exact) mass is 480 g/mol. The van der Waals surface area contributed by atoms with Gasteiger partial charge in [-0.1, -0.05) is 59.6 Å². The molecule has 3 aromatic rings. The molecule has 1 aliphatic rings. The highest BCUT2D eigenvalue weighted by molar-refractivity contribution is 8.19. The number of carbonyl (C=O) groups excluding carboxylic acids is 2. The van der Waals surface area contributed by atoms with E-state index in [0.717, 1.165) is 22.2 Å². The lowest BCUT2D eigenvalue weighted by Crippen LogP contribution is -2.27. The third kappa shape index (κ3) is 4.51. The molecule has 0 bridgehead atoms. The van der Waals surface area contributed by atoms with Crippen LogP contribution in [0.15, 0.2) is 71.6 Å². The standard InChI is InChI=1S/C24H14Cl2N2O3S/c25-18-7-3-4-8-20(18)28-23(29)22(32-24(28)30)12-15-9-10-21(19(26)11-15)31-14-17-6-2-1-5-16(17)13-27/h1-12H,14H2/b22-12-. The fraction of sp³-hybridized carbons (Fsp3) is 0.0417. The quantitative estimate of drug-likeness (QED) is 0.380. The Morgan fingerprint density at radius 1 is 1.00 bits per heavy atom. The third-order valence-corrected chi connectivity index (χ3v) is 6.15. The molecule has 1 heterocycles. The lowest BCUT2D eigenvalue weighted by Gasteiger charge is -2.13. The number of para-hydroxylation sites is 1. The molecule has 1 saturated heterocycles. The van der Waals surface area contributed by atoms with Crippen molar-refractivity contribution < 1.29 is 14.3 Å². The van der Waals surface area contributed by atoms with Gasteiger partial charge in [0.15, 0.2) is 0 Å². The van der Waals surface area contributed by atoms with Crippen LogP contribution in [0.2, 0.25) is 10.0 Å². The van der Waals surface area contributed by atoms with E-state index in [2.05, 4.69) is 6.07 Å². The first-order chi connectivity index (χ1) is 15.5. The maximum absolute atomic E-state index is 12.8. The van der Waals surface area contributed by atoms with Crippen molar-refractivity contribution in [1.29, 1.82) is 5.26 Å². The number of benzene rings is 3. The molecule has 1 fully saturated rings. The van der Waals surface area contributed by atoms with Gasteiger partial charge in [0.2, 0.25) is 0 Å². The van der Waals surface area contributed by atoms with Crippen LogP contribution in [0, 0.1) is 11.3 Å². The predicted octanol–water partition coefficient (Wildman–Crippen LogP) is 6.68. The van der Waals surface area contributed by atoms with Crippen molar-refractivity contribution in [1.82, 2.24) is 0 Å². The molecule has 0 spiro atoms. The van der Waals surface area contributed by atoms with Crippen molar-refractivity contribution in [2.45, 2.75) is 6.61 Å². The molecule has 0 aromatic heterocycles. The topological polar surface area (TPSA) is 70.4 Å². The first-order valence-electron chi connectivity index (χ1n) is 9.41. The molecule has 4 rings (SSSR count). The second kappa shape index (κ2) is 9.49. The number of rotatable bonds is 5. The molecule has 0 saturated carbocycles. The zero-order valence-electron chi connectivity index (χ0n) is 16.4. The van der Waals surface area contributed by atoms with Gasteiger partial charge in [0.25, 0.3) is 11.1 Å². The predicted molar refractivity (Wildman–Crippen MR) is 127 cm³/mol. The minimum absolute atomic E-state index is 0.194. The SMILES string of the molecule is N#Cc1ccccc1COc1ccc(/C=C2\SC(=O)N(c3ccccc3Cl)C2=O)cc1Cl. The lowest BCUT2D eigenvalue weighted by molar-refractivity contribution is -0.113. The van der Waals surface area contributed by atoms with E-state index in [1.54, 1.807) is 60.7 Å². The van der Waals surface area contributed by atoms with Crippen LogP contribution in [-0.2, 0) is 11.4 Å². The van der Waals surface area contributed by atoms with E-state index in [0.29, 0.717) is 32.6 Å². The number of ether oxygens (including phenoxy) is 1. The minimum atomic E-state index is -0.447. The molecule has 5 nitrogen and oxygen atoms in total. The Bertz CT molecular complexity index is 1300. The van der Waals surface area contributed by atoms with E-state index in [1.165, 1.54) is 0 Å². The van der Waals surface area contributed by atoms with Gasteiger partial charge in [0, 0.05) is 5.56 Å². The van der Waals surface area contributed by atoms with Gasteiger partial charge in [0.1, 0.15) is 12.4 Å². The molecule has 3 aromatic carbocycles. The summed E-state index contributed by atoms with van der Waals surface area (Å²) in [7, 11) is 0. The average Bonchev–Trinajstić information content (AvgIpc) is 3.06. The molecule has 0 radical (unpaired) electrons. The number of imide groups is 1. The zero-order valence-corrected chi connectivity index (χ0v) is 18.7. The summed E-state index contributed by atoms with van der Waals surface area (Å²) in [5.41, 5.74) is 2.28. The van der Waals surface area contributed by atoms with E-state index in [1.807, 2.05) is 12.1 Å². The van der Waals surface area contributed by atoms with Crippen molar-refractivity contribution in [3.63, 3.8) is 0 Å². The molecule has 2 amide bonds. The first kappa shape index (κ1) is 22.0. The number of nitrogens with zero attached hydrogens (tertiary/aromatic N) is 2. The van der Waals surface area contributed by atoms with Crippen LogP contribution >= 0.6 is 35.0 Å². The van der Waals surface area contributed by atoms with Crippen LogP contribution in [0.4, 0.5) is 10.5 Å². The summed E-state index contributed by atoms with van der Waals surface area (Å²) in [4.78, 5) is 26.6. The Kier molecular flexibility index (Phi) is 6.52. The number of amides is 2. The molecule has 32 heavy (non-hydrogen) atoms. The van der Waals surface area contributed by atoms with E-state index < -0.39 is 11.1 Å². The van der Waals surface area contributed by atoms with E-state index in [4.69, 9.17) is 27.9 Å². The summed E-state index contributed by atoms with van der Waals surface area (Å²) >= 11 is 13.3. The Labute approximate surface area is 198 Å². The highest BCUT2D eigenvalue weighted by Crippen LogP contribution is 2.39. The Morgan fingerprint density at radius 2 is 1.75 bits per heavy atom. The Hall–Kier alpha value is -3.24. The van der Waals surface area contributed by atoms with Crippen molar-refractivity contribution in [3.05, 3.63) is 98.4 Å². The van der Waals surface area contributed by atoms with E-state index in [9.17, 15) is 14.9 Å². The second-order valence-electron chi connectivity index (χ2n) is 6.72. The lowest BCUT2D eigenvalue weighted by atomic mass is 10.1. The van der Waals surface area contributed by atoms with Crippen molar-refractivity contribution in [2.24, 2.45) is 0 Å². The van der Waals surface area contributed by atoms with Gasteiger partial charge in [-0.25, -0.2) is 4.90 Å². The van der Waals surface area contributed by atoms with E-state index >= 15 is 0 Å². The van der Waals surface area contributed by atoms with Crippen LogP contribution in [0.3, 0.4) is 0 Å². The minimum Gasteiger partial charge on any atom is -0.487 e. The van der Waals surface area contributed by atoms with Gasteiger partial charge in [-0.3, -0.25) is 9.59 Å². The Balaban J connectivity index is 1.52. The number of hydrogen-bond donors (Lipinski definition) is 0. The summed E-state index contributed by atoms with van der Waals surface area (Å²) in [6.07, 6.45) is 1.60. The highest BCUT2D eigenvalue weighted by Gasteiger charge is 2.37. The fourth-order valence-corrected chi connectivity index (χ4v) is 4.39. The number of carbonyl (C=O) groups is 2. The van der Waals surface area contributed by atoms with Crippen molar-refractivity contribution >= 4 is 57.9 Å². The summed E-state index contributed by atoms with van der Waals surface area (Å²) in [5.74, 6) is -0.00149. The molecule has 0 N–H and O–H groups in total. The molecule has 0 aliphatic carbocycles. The average molecular weight is 481 g/mol. The Morgan fingerprint density at radius 3 is 2.50 bits per heavy atom. The van der Waals surface area contributed by atoms with Crippen LogP contribution in [0.5, 0.6) is 5.75 Å². The van der Waals surface area contributed by atoms with Crippen LogP contribution in [0.25, 0.3) is 6.08 Å². The highest BCUT2D eigenvalue weighted by atomic mass is 35.5. The normalized spacial score (nSPS) is 14.7. The molecule has 8 heteroatoms. The van der Waals surface area contributed by atoms with Crippen LogP contribution in [0.1, 0.15) is 16.7 Å². The van der Waals surface area contributed by atoms with Gasteiger partial charge in [-0.05, 0) is 53.7 Å². The first-order valence-corrected chi connectivity index (χ1v) is 11.0. The molecule has 158 valence electrons. The van der Waals surface area contributed by atoms with Gasteiger partial charge in [0.05, 0.1) is 32.3 Å². The maximum Gasteiger partial charge on any atom is 0.298 e. The summed E-state index contributed by atoms with van der Waals surface area (Å²) in [6, 6.07) is 21.0. The molecule has 1 aliphatic heterocycles. The number of nitriles is 1. The fourth-order valence-electron chi connectivity index (χ4n) is 3.09. The second-order valence-corrected chi connectivity index (χ2v) is 8.52. The smallest absolute Gasteiger partial charge is 0.298 e. The number of anilines is 1. The number of halogens is 2. The summed E-state index contributed by atoms with van der Waals surface area (Å²) in [6.45, 7) is 0.194. The summed E-state index contributed by atoms with van der Waals surface area (Å²) < 4.78 is 5.76. The molecule has 0 atom stereocenters. The largest absolute Gasteiger partial charge is 0.487 e. The molecular weight excluding hydrogens is 467 g/mol. The van der Waals surface area contributed by atoms with E-state index in [-0.39, 0.29) is 11.5 Å². The number of hydrogen-bond acceptors (Lipinski definition) is 5. The maximum atomic E-state index is 12.8. The summed E-state index contributed by atoms with van der Waals surface area (Å²) in [5, 5.41) is 9.43. The van der Waals surface area contributed by atoms with Gasteiger partial charge >= 0.3 is 0 Å².